The molecule has 0 aromatic rings. The minimum atomic E-state index is 0.793. The van der Waals surface area contributed by atoms with Crippen LogP contribution >= 0.6 is 68.6 Å². The van der Waals surface area contributed by atoms with Gasteiger partial charge in [-0.25, -0.2) is 0 Å². The van der Waals surface area contributed by atoms with Crippen LogP contribution in [0.15, 0.2) is 0 Å². The minimum absolute atomic E-state index is 0.793. The van der Waals surface area contributed by atoms with Crippen LogP contribution in [0.25, 0.3) is 0 Å². The van der Waals surface area contributed by atoms with Crippen LogP contribution in [0.3, 0.4) is 0 Å². The Bertz CT molecular complexity index is 97.8. The van der Waals surface area contributed by atoms with Gasteiger partial charge in [-0.05, 0) is 19.4 Å². The largest absolute Gasteiger partial charge is 0.251 e. The highest BCUT2D eigenvalue weighted by Crippen LogP contribution is 2.14. The van der Waals surface area contributed by atoms with Gasteiger partial charge in [-0.2, -0.15) is 1.33 Å². The van der Waals surface area contributed by atoms with Crippen molar-refractivity contribution in [3.63, 3.8) is 0 Å². The lowest BCUT2D eigenvalue weighted by Gasteiger charge is -2.15. The maximum absolute atomic E-state index is 2.33. The fourth-order valence-electron chi connectivity index (χ4n) is 0.725. The molecule has 0 aliphatic rings. The van der Waals surface area contributed by atoms with Crippen LogP contribution in [0, 0.1) is 5.92 Å². The summed E-state index contributed by atoms with van der Waals surface area (Å²) >= 11 is 6.96. The maximum Gasteiger partial charge on any atom is 0.0308 e. The van der Waals surface area contributed by atoms with Crippen molar-refractivity contribution in [1.29, 1.82) is 0 Å². The lowest BCUT2D eigenvalue weighted by molar-refractivity contribution is 0.449. The molecule has 0 aromatic carbocycles. The van der Waals surface area contributed by atoms with E-state index in [-0.39, 0.29) is 0 Å². The van der Waals surface area contributed by atoms with Gasteiger partial charge in [0.2, 0.25) is 0 Å². The molecule has 68 valence electrons. The number of nitrogens with zero attached hydrogens (tertiary/aromatic N) is 2. The molecule has 0 aliphatic heterocycles. The third-order valence-corrected chi connectivity index (χ3v) is 2.65. The smallest absolute Gasteiger partial charge is 0.0308 e. The standard InChI is InChI=1S/C6H13I3N2/c1-6(5-11(8)9)3-4-10(2)7/h6H,3-5H2,1-2H3. The van der Waals surface area contributed by atoms with E-state index in [0.717, 1.165) is 5.92 Å². The van der Waals surface area contributed by atoms with Gasteiger partial charge < -0.3 is 0 Å². The van der Waals surface area contributed by atoms with Gasteiger partial charge in [-0.3, -0.25) is 3.11 Å². The summed E-state index contributed by atoms with van der Waals surface area (Å²) in [6, 6.07) is 0. The summed E-state index contributed by atoms with van der Waals surface area (Å²) < 4.78 is 4.40. The fourth-order valence-corrected chi connectivity index (χ4v) is 2.35. The lowest BCUT2D eigenvalue weighted by Crippen LogP contribution is -2.15. The molecule has 11 heavy (non-hydrogen) atoms. The predicted octanol–water partition coefficient (Wildman–Crippen LogP) is 3.30. The first-order chi connectivity index (χ1) is 5.02. The van der Waals surface area contributed by atoms with Crippen LogP contribution in [-0.2, 0) is 0 Å². The Labute approximate surface area is 111 Å². The molecule has 0 rings (SSSR count). The molecule has 0 fully saturated rings. The molecule has 0 bridgehead atoms. The van der Waals surface area contributed by atoms with Crippen LogP contribution in [0.1, 0.15) is 13.3 Å². The van der Waals surface area contributed by atoms with Crippen molar-refractivity contribution in [2.75, 3.05) is 20.1 Å². The normalized spacial score (nSPS) is 14.5. The number of rotatable bonds is 5. The van der Waals surface area contributed by atoms with Crippen molar-refractivity contribution in [2.45, 2.75) is 13.3 Å². The van der Waals surface area contributed by atoms with Crippen molar-refractivity contribution in [3.05, 3.63) is 0 Å². The van der Waals surface area contributed by atoms with Crippen molar-refractivity contribution >= 4 is 68.6 Å². The second-order valence-corrected chi connectivity index (χ2v) is 8.53. The lowest BCUT2D eigenvalue weighted by atomic mass is 10.1. The molecule has 0 N–H and O–H groups in total. The first-order valence-corrected chi connectivity index (χ1v) is 6.38. The molecule has 0 radical (unpaired) electrons. The van der Waals surface area contributed by atoms with E-state index >= 15 is 0 Å². The maximum atomic E-state index is 2.33. The number of hydrogen-bond donors (Lipinski definition) is 0. The quantitative estimate of drug-likeness (QED) is 0.428. The van der Waals surface area contributed by atoms with Gasteiger partial charge in [-0.1, -0.05) is 6.92 Å². The number of hydrogen-bond acceptors (Lipinski definition) is 2. The van der Waals surface area contributed by atoms with E-state index in [2.05, 4.69) is 87.0 Å². The van der Waals surface area contributed by atoms with E-state index in [9.17, 15) is 0 Å². The molecular formula is C6H13I3N2. The Kier molecular flexibility index (Phi) is 8.95. The molecular weight excluding hydrogens is 481 g/mol. The zero-order valence-corrected chi connectivity index (χ0v) is 13.2. The molecule has 2 nitrogen and oxygen atoms in total. The van der Waals surface area contributed by atoms with Gasteiger partial charge >= 0.3 is 0 Å². The minimum Gasteiger partial charge on any atom is -0.251 e. The van der Waals surface area contributed by atoms with Gasteiger partial charge in [0.15, 0.2) is 0 Å². The van der Waals surface area contributed by atoms with E-state index < -0.39 is 0 Å². The van der Waals surface area contributed by atoms with E-state index in [1.165, 1.54) is 19.5 Å². The van der Waals surface area contributed by atoms with E-state index in [4.69, 9.17) is 0 Å². The summed E-state index contributed by atoms with van der Waals surface area (Å²) in [6.07, 6.45) is 1.28. The number of halogens is 3. The summed E-state index contributed by atoms with van der Waals surface area (Å²) in [5.74, 6) is 0.793. The third kappa shape index (κ3) is 10.0. The van der Waals surface area contributed by atoms with Gasteiger partial charge in [0, 0.05) is 81.7 Å². The molecule has 0 saturated heterocycles. The SMILES string of the molecule is CC(CCN(C)I)CN(I)I. The average molecular weight is 494 g/mol. The van der Waals surface area contributed by atoms with Crippen molar-refractivity contribution < 1.29 is 0 Å². The monoisotopic (exact) mass is 494 g/mol. The zero-order valence-electron chi connectivity index (χ0n) is 6.73. The first-order valence-electron chi connectivity index (χ1n) is 3.48. The molecule has 0 spiro atoms. The highest BCUT2D eigenvalue weighted by Gasteiger charge is 2.05. The van der Waals surface area contributed by atoms with E-state index in [1.54, 1.807) is 0 Å². The fraction of sp³-hybridized carbons (Fsp3) is 1.00. The summed E-state index contributed by atoms with van der Waals surface area (Å²) in [7, 11) is 2.11. The van der Waals surface area contributed by atoms with Gasteiger partial charge in [0.05, 0.1) is 0 Å². The summed E-state index contributed by atoms with van der Waals surface area (Å²) in [5.41, 5.74) is 0. The molecule has 0 saturated carbocycles. The van der Waals surface area contributed by atoms with Crippen molar-refractivity contribution in [1.82, 2.24) is 4.44 Å². The second-order valence-electron chi connectivity index (χ2n) is 2.71. The third-order valence-electron chi connectivity index (χ3n) is 1.38. The predicted molar refractivity (Wildman–Crippen MR) is 75.2 cm³/mol. The van der Waals surface area contributed by atoms with Gasteiger partial charge in [0.1, 0.15) is 0 Å². The summed E-state index contributed by atoms with van der Waals surface area (Å²) in [6.45, 7) is 4.65. The summed E-state index contributed by atoms with van der Waals surface area (Å²) in [4.78, 5) is 0. The van der Waals surface area contributed by atoms with E-state index in [0.29, 0.717) is 0 Å². The van der Waals surface area contributed by atoms with Gasteiger partial charge in [-0.15, -0.1) is 0 Å². The van der Waals surface area contributed by atoms with E-state index in [1.807, 2.05) is 0 Å². The topological polar surface area (TPSA) is 6.48 Å². The zero-order chi connectivity index (χ0) is 8.85. The molecule has 5 heteroatoms. The average Bonchev–Trinajstić information content (AvgIpc) is 1.82. The molecule has 0 amide bonds. The summed E-state index contributed by atoms with van der Waals surface area (Å²) in [5, 5.41) is 0. The Morgan fingerprint density at radius 1 is 1.27 bits per heavy atom. The first kappa shape index (κ1) is 13.1. The van der Waals surface area contributed by atoms with Crippen LogP contribution < -0.4 is 0 Å². The molecule has 0 aromatic heterocycles. The molecule has 1 unspecified atom stereocenters. The molecule has 1 atom stereocenters. The highest BCUT2D eigenvalue weighted by atomic mass is 127. The van der Waals surface area contributed by atoms with Crippen molar-refractivity contribution in [2.24, 2.45) is 5.92 Å². The molecule has 0 aliphatic carbocycles. The highest BCUT2D eigenvalue weighted by molar-refractivity contribution is 14.2. The van der Waals surface area contributed by atoms with Gasteiger partial charge in [0.25, 0.3) is 0 Å². The Hall–Kier alpha value is 2.11. The second kappa shape index (κ2) is 7.51. The van der Waals surface area contributed by atoms with Crippen LogP contribution in [0.2, 0.25) is 0 Å². The van der Waals surface area contributed by atoms with Crippen LogP contribution in [-0.4, -0.2) is 24.6 Å². The Morgan fingerprint density at radius 3 is 2.18 bits per heavy atom. The van der Waals surface area contributed by atoms with Crippen molar-refractivity contribution in [3.8, 4) is 0 Å². The van der Waals surface area contributed by atoms with Crippen LogP contribution in [0.5, 0.6) is 0 Å². The van der Waals surface area contributed by atoms with Crippen LogP contribution in [0.4, 0.5) is 0 Å². The molecule has 0 heterocycles. The Balaban J connectivity index is 3.29. The Morgan fingerprint density at radius 2 is 1.82 bits per heavy atom.